The predicted octanol–water partition coefficient (Wildman–Crippen LogP) is 5.87. The monoisotopic (exact) mass is 673 g/mol. The highest BCUT2D eigenvalue weighted by Gasteiger charge is 2.29. The minimum absolute atomic E-state index is 0.0243. The van der Waals surface area contributed by atoms with Gasteiger partial charge in [-0.1, -0.05) is 83.3 Å². The first-order chi connectivity index (χ1) is 20.5. The second-order valence-electron chi connectivity index (χ2n) is 9.14. The maximum atomic E-state index is 10.7. The van der Waals surface area contributed by atoms with E-state index in [0.717, 1.165) is 16.8 Å². The molecular weight excluding hydrogens is 650 g/mol. The molecule has 0 aromatic heterocycles. The number of thiocarbonyl (C=S) groups is 2. The van der Waals surface area contributed by atoms with Gasteiger partial charge in [-0.25, -0.2) is 0 Å². The van der Waals surface area contributed by atoms with Crippen LogP contribution in [0.1, 0.15) is 11.1 Å². The smallest absolute Gasteiger partial charge is 0.431 e. The maximum absolute atomic E-state index is 10.7. The van der Waals surface area contributed by atoms with E-state index in [1.807, 2.05) is 62.4 Å². The minimum Gasteiger partial charge on any atom is -0.431 e. The lowest BCUT2D eigenvalue weighted by Crippen LogP contribution is -2.41. The molecule has 0 amide bonds. The van der Waals surface area contributed by atoms with E-state index in [-0.39, 0.29) is 36.3 Å². The largest absolute Gasteiger partial charge is 0.522 e. The van der Waals surface area contributed by atoms with E-state index < -0.39 is 14.2 Å². The summed E-state index contributed by atoms with van der Waals surface area (Å²) in [6.45, 7) is 3.80. The molecule has 4 rings (SSSR count). The molecule has 0 saturated carbocycles. The molecule has 5 N–H and O–H groups in total. The van der Waals surface area contributed by atoms with Crippen molar-refractivity contribution in [1.29, 1.82) is 0 Å². The molecule has 0 aliphatic rings. The minimum atomic E-state index is -1.73. The number of para-hydroxylation sites is 2. The Morgan fingerprint density at radius 3 is 2.00 bits per heavy atom. The SMILES string of the molecule is Cc1cccc(C)c1OC(=S)Nc1cc(B(O)OOB(O)c2cccc(NC(=S)Nc3ccccc3)c2Cl)c(Cl)cc1Cl. The molecule has 0 heterocycles. The van der Waals surface area contributed by atoms with Crippen LogP contribution in [0.3, 0.4) is 0 Å². The molecular formula is C28H24B2Cl3N3O5S2. The zero-order chi connectivity index (χ0) is 31.1. The number of hydrogen-bond donors (Lipinski definition) is 5. The van der Waals surface area contributed by atoms with Crippen LogP contribution in [0.2, 0.25) is 15.1 Å². The van der Waals surface area contributed by atoms with Crippen LogP contribution in [0.4, 0.5) is 17.1 Å². The Kier molecular flexibility index (Phi) is 11.7. The van der Waals surface area contributed by atoms with Crippen molar-refractivity contribution in [3.8, 4) is 5.75 Å². The number of anilines is 3. The van der Waals surface area contributed by atoms with Gasteiger partial charge in [-0.05, 0) is 79.7 Å². The number of nitrogens with one attached hydrogen (secondary N) is 3. The Hall–Kier alpha value is -2.90. The lowest BCUT2D eigenvalue weighted by Gasteiger charge is -2.17. The normalized spacial score (nSPS) is 10.6. The molecule has 0 radical (unpaired) electrons. The van der Waals surface area contributed by atoms with Crippen molar-refractivity contribution in [3.63, 3.8) is 0 Å². The van der Waals surface area contributed by atoms with Crippen LogP contribution in [0.15, 0.2) is 78.9 Å². The Morgan fingerprint density at radius 1 is 0.698 bits per heavy atom. The van der Waals surface area contributed by atoms with Crippen LogP contribution in [0.25, 0.3) is 0 Å². The fourth-order valence-electron chi connectivity index (χ4n) is 3.89. The van der Waals surface area contributed by atoms with Crippen molar-refractivity contribution in [1.82, 2.24) is 0 Å². The van der Waals surface area contributed by atoms with E-state index in [1.54, 1.807) is 12.1 Å². The number of ether oxygens (including phenoxy) is 1. The van der Waals surface area contributed by atoms with Crippen LogP contribution in [0, 0.1) is 13.8 Å². The van der Waals surface area contributed by atoms with Gasteiger partial charge >= 0.3 is 14.2 Å². The van der Waals surface area contributed by atoms with Crippen LogP contribution in [-0.2, 0) is 9.61 Å². The van der Waals surface area contributed by atoms with Crippen molar-refractivity contribution >= 4 is 112 Å². The highest BCUT2D eigenvalue weighted by molar-refractivity contribution is 7.80. The summed E-state index contributed by atoms with van der Waals surface area (Å²) < 4.78 is 5.82. The van der Waals surface area contributed by atoms with Gasteiger partial charge in [0.15, 0.2) is 5.11 Å². The van der Waals surface area contributed by atoms with Gasteiger partial charge in [-0.15, -0.1) is 0 Å². The Labute approximate surface area is 275 Å². The van der Waals surface area contributed by atoms with Gasteiger partial charge < -0.3 is 30.7 Å². The summed E-state index contributed by atoms with van der Waals surface area (Å²) in [7, 11) is -3.41. The molecule has 0 saturated heterocycles. The third-order valence-corrected chi connectivity index (χ3v) is 7.46. The molecule has 220 valence electrons. The summed E-state index contributed by atoms with van der Waals surface area (Å²) in [6, 6.07) is 22.7. The van der Waals surface area contributed by atoms with E-state index in [4.69, 9.17) is 73.6 Å². The first-order valence-corrected chi connectivity index (χ1v) is 14.6. The van der Waals surface area contributed by atoms with Gasteiger partial charge in [0.25, 0.3) is 5.17 Å². The molecule has 0 fully saturated rings. The second kappa shape index (κ2) is 15.2. The highest BCUT2D eigenvalue weighted by atomic mass is 35.5. The van der Waals surface area contributed by atoms with Crippen LogP contribution >= 0.6 is 59.2 Å². The molecule has 4 aromatic rings. The highest BCUT2D eigenvalue weighted by Crippen LogP contribution is 2.27. The molecule has 15 heteroatoms. The van der Waals surface area contributed by atoms with Crippen molar-refractivity contribution in [2.75, 3.05) is 16.0 Å². The third kappa shape index (κ3) is 8.82. The van der Waals surface area contributed by atoms with Gasteiger partial charge in [0.05, 0.1) is 21.4 Å². The summed E-state index contributed by atoms with van der Waals surface area (Å²) in [5.74, 6) is 0.614. The van der Waals surface area contributed by atoms with Crippen molar-refractivity contribution in [3.05, 3.63) is 105 Å². The van der Waals surface area contributed by atoms with Crippen LogP contribution in [-0.4, -0.2) is 34.6 Å². The number of aryl methyl sites for hydroxylation is 2. The fourth-order valence-corrected chi connectivity index (χ4v) is 5.10. The average molecular weight is 675 g/mol. The molecule has 0 aliphatic heterocycles. The van der Waals surface area contributed by atoms with Crippen LogP contribution < -0.4 is 31.6 Å². The van der Waals surface area contributed by atoms with Gasteiger partial charge in [0.2, 0.25) is 0 Å². The summed E-state index contributed by atoms with van der Waals surface area (Å²) in [6.07, 6.45) is 0. The summed E-state index contributed by atoms with van der Waals surface area (Å²) in [4.78, 5) is 10.2. The molecule has 4 aromatic carbocycles. The summed E-state index contributed by atoms with van der Waals surface area (Å²) in [5, 5.41) is 31.0. The van der Waals surface area contributed by atoms with Gasteiger partial charge in [-0.2, -0.15) is 0 Å². The molecule has 0 atom stereocenters. The average Bonchev–Trinajstić information content (AvgIpc) is 2.96. The quantitative estimate of drug-likeness (QED) is 0.0641. The lowest BCUT2D eigenvalue weighted by atomic mass is 9.78. The number of hydrogen-bond acceptors (Lipinski definition) is 7. The van der Waals surface area contributed by atoms with Crippen molar-refractivity contribution in [2.24, 2.45) is 0 Å². The maximum Gasteiger partial charge on any atom is 0.522 e. The standard InChI is InChI=1S/C28H24B2Cl3N3O5S2/c1-16-8-6-9-17(2)26(16)39-28(43)36-24-14-20(21(31)15-22(24)32)30(38)41-40-29(37)19-12-7-13-23(25(19)33)35-27(42)34-18-10-4-3-5-11-18/h3-15,37-38H,1-2H3,(H,36,43)(H2,34,35,42). The molecule has 0 unspecified atom stereocenters. The Morgan fingerprint density at radius 2 is 1.33 bits per heavy atom. The van der Waals surface area contributed by atoms with Crippen LogP contribution in [0.5, 0.6) is 5.75 Å². The van der Waals surface area contributed by atoms with Crippen molar-refractivity contribution in [2.45, 2.75) is 13.8 Å². The van der Waals surface area contributed by atoms with E-state index in [2.05, 4.69) is 16.0 Å². The lowest BCUT2D eigenvalue weighted by molar-refractivity contribution is -0.133. The summed E-state index contributed by atoms with van der Waals surface area (Å²) in [5.41, 5.74) is 3.52. The molecule has 43 heavy (non-hydrogen) atoms. The van der Waals surface area contributed by atoms with E-state index >= 15 is 0 Å². The van der Waals surface area contributed by atoms with E-state index in [9.17, 15) is 10.0 Å². The Bertz CT molecular complexity index is 1620. The van der Waals surface area contributed by atoms with Gasteiger partial charge in [-0.3, -0.25) is 9.61 Å². The number of benzene rings is 4. The molecule has 8 nitrogen and oxygen atoms in total. The predicted molar refractivity (Wildman–Crippen MR) is 184 cm³/mol. The number of rotatable bonds is 9. The second-order valence-corrected chi connectivity index (χ2v) is 11.1. The van der Waals surface area contributed by atoms with Gasteiger partial charge in [0.1, 0.15) is 5.75 Å². The fraction of sp³-hybridized carbons (Fsp3) is 0.0714. The molecule has 0 aliphatic carbocycles. The summed E-state index contributed by atoms with van der Waals surface area (Å²) >= 11 is 29.9. The van der Waals surface area contributed by atoms with Gasteiger partial charge in [0, 0.05) is 21.6 Å². The first-order valence-electron chi connectivity index (χ1n) is 12.7. The van der Waals surface area contributed by atoms with E-state index in [1.165, 1.54) is 18.2 Å². The molecule has 0 spiro atoms. The topological polar surface area (TPSA) is 104 Å². The first kappa shape index (κ1) is 33.0. The zero-order valence-corrected chi connectivity index (χ0v) is 26.6. The molecule has 0 bridgehead atoms. The van der Waals surface area contributed by atoms with Crippen molar-refractivity contribution < 1.29 is 24.4 Å². The van der Waals surface area contributed by atoms with E-state index in [0.29, 0.717) is 17.1 Å². The third-order valence-electron chi connectivity index (χ3n) is 6.01. The number of halogens is 3. The Balaban J connectivity index is 1.40. The zero-order valence-electron chi connectivity index (χ0n) is 22.7.